The minimum absolute atomic E-state index is 0.333. The van der Waals surface area contributed by atoms with Gasteiger partial charge in [0, 0.05) is 32.4 Å². The minimum atomic E-state index is -3.45. The van der Waals surface area contributed by atoms with E-state index < -0.39 is 10.2 Å². The molecule has 0 aliphatic carbocycles. The Morgan fingerprint density at radius 2 is 1.95 bits per heavy atom. The van der Waals surface area contributed by atoms with E-state index in [1.165, 1.54) is 4.31 Å². The Kier molecular flexibility index (Phi) is 4.74. The Bertz CT molecular complexity index is 553. The van der Waals surface area contributed by atoms with Crippen LogP contribution in [0.25, 0.3) is 0 Å². The maximum atomic E-state index is 12.4. The molecule has 7 heteroatoms. The molecule has 2 rings (SSSR count). The van der Waals surface area contributed by atoms with Gasteiger partial charge in [-0.3, -0.25) is 4.98 Å². The van der Waals surface area contributed by atoms with Gasteiger partial charge in [0.15, 0.2) is 0 Å². The average Bonchev–Trinajstić information content (AvgIpc) is 2.39. The Morgan fingerprint density at radius 1 is 1.30 bits per heavy atom. The number of likely N-dealkylation sites (N-methyl/N-ethyl adjacent to an activating group) is 1. The molecule has 6 nitrogen and oxygen atoms in total. The van der Waals surface area contributed by atoms with Gasteiger partial charge in [-0.05, 0) is 32.5 Å². The lowest BCUT2D eigenvalue weighted by Crippen LogP contribution is -2.51. The lowest BCUT2D eigenvalue weighted by atomic mass is 10.1. The molecule has 0 spiro atoms. The van der Waals surface area contributed by atoms with Crippen molar-refractivity contribution in [2.24, 2.45) is 0 Å². The Morgan fingerprint density at radius 3 is 2.55 bits per heavy atom. The molecule has 1 atom stereocenters. The van der Waals surface area contributed by atoms with Gasteiger partial charge in [0.25, 0.3) is 10.2 Å². The number of nitrogens with zero attached hydrogens (tertiary/aromatic N) is 3. The van der Waals surface area contributed by atoms with Crippen LogP contribution in [-0.2, 0) is 10.2 Å². The monoisotopic (exact) mass is 298 g/mol. The van der Waals surface area contributed by atoms with Crippen molar-refractivity contribution >= 4 is 10.2 Å². The Labute approximate surface area is 121 Å². The number of hydrogen-bond acceptors (Lipinski definition) is 4. The summed E-state index contributed by atoms with van der Waals surface area (Å²) in [7, 11) is -1.46. The lowest BCUT2D eigenvalue weighted by Gasteiger charge is -2.32. The van der Waals surface area contributed by atoms with Crippen molar-refractivity contribution < 1.29 is 8.42 Å². The molecule has 0 radical (unpaired) electrons. The number of rotatable bonds is 4. The van der Waals surface area contributed by atoms with Gasteiger partial charge in [-0.25, -0.2) is 0 Å². The fourth-order valence-corrected chi connectivity index (χ4v) is 3.68. The zero-order chi connectivity index (χ0) is 14.8. The topological polar surface area (TPSA) is 65.5 Å². The standard InChI is InChI=1S/C13H22N4O2S/c1-11-5-4-6-14-13(11)12(2)15-20(18,19)17-9-7-16(3)8-10-17/h4-6,12,15H,7-10H2,1-3H3. The quantitative estimate of drug-likeness (QED) is 0.881. The summed E-state index contributed by atoms with van der Waals surface area (Å²) in [4.78, 5) is 6.39. The highest BCUT2D eigenvalue weighted by atomic mass is 32.2. The zero-order valence-corrected chi connectivity index (χ0v) is 13.0. The summed E-state index contributed by atoms with van der Waals surface area (Å²) in [6.45, 7) is 6.33. The minimum Gasteiger partial charge on any atom is -0.304 e. The molecule has 20 heavy (non-hydrogen) atoms. The predicted octanol–water partition coefficient (Wildman–Crippen LogP) is 0.533. The smallest absolute Gasteiger partial charge is 0.280 e. The van der Waals surface area contributed by atoms with Crippen molar-refractivity contribution in [3.63, 3.8) is 0 Å². The van der Waals surface area contributed by atoms with Crippen LogP contribution in [0.1, 0.15) is 24.2 Å². The highest BCUT2D eigenvalue weighted by molar-refractivity contribution is 7.87. The first-order valence-electron chi connectivity index (χ1n) is 6.77. The fourth-order valence-electron chi connectivity index (χ4n) is 2.33. The summed E-state index contributed by atoms with van der Waals surface area (Å²) in [6, 6.07) is 3.45. The second kappa shape index (κ2) is 6.17. The highest BCUT2D eigenvalue weighted by Gasteiger charge is 2.27. The molecule has 2 heterocycles. The van der Waals surface area contributed by atoms with E-state index in [1.54, 1.807) is 6.20 Å². The fraction of sp³-hybridized carbons (Fsp3) is 0.615. The molecule has 1 fully saturated rings. The molecule has 1 saturated heterocycles. The maximum Gasteiger partial charge on any atom is 0.280 e. The van der Waals surface area contributed by atoms with Gasteiger partial charge in [-0.15, -0.1) is 0 Å². The van der Waals surface area contributed by atoms with Gasteiger partial charge in [0.05, 0.1) is 11.7 Å². The zero-order valence-electron chi connectivity index (χ0n) is 12.2. The van der Waals surface area contributed by atoms with Gasteiger partial charge in [0.1, 0.15) is 0 Å². The molecule has 1 aromatic rings. The van der Waals surface area contributed by atoms with Gasteiger partial charge in [-0.2, -0.15) is 17.4 Å². The number of piperazine rings is 1. The van der Waals surface area contributed by atoms with E-state index in [0.29, 0.717) is 13.1 Å². The molecule has 0 bridgehead atoms. The molecule has 0 saturated carbocycles. The molecule has 0 amide bonds. The van der Waals surface area contributed by atoms with Crippen molar-refractivity contribution in [2.45, 2.75) is 19.9 Å². The van der Waals surface area contributed by atoms with E-state index in [0.717, 1.165) is 24.3 Å². The number of aryl methyl sites for hydroxylation is 1. The van der Waals surface area contributed by atoms with Crippen LogP contribution in [-0.4, -0.2) is 55.8 Å². The normalized spacial score (nSPS) is 19.9. The molecule has 1 aliphatic rings. The second-order valence-corrected chi connectivity index (χ2v) is 6.95. The first-order valence-corrected chi connectivity index (χ1v) is 8.21. The van der Waals surface area contributed by atoms with Crippen molar-refractivity contribution in [1.82, 2.24) is 18.9 Å². The molecular formula is C13H22N4O2S. The molecule has 1 unspecified atom stereocenters. The third-order valence-corrected chi connectivity index (χ3v) is 5.28. The van der Waals surface area contributed by atoms with Gasteiger partial charge >= 0.3 is 0 Å². The van der Waals surface area contributed by atoms with E-state index in [1.807, 2.05) is 33.0 Å². The third kappa shape index (κ3) is 3.54. The lowest BCUT2D eigenvalue weighted by molar-refractivity contribution is 0.220. The SMILES string of the molecule is Cc1cccnc1C(C)NS(=O)(=O)N1CCN(C)CC1. The van der Waals surface area contributed by atoms with Crippen molar-refractivity contribution in [3.8, 4) is 0 Å². The average molecular weight is 298 g/mol. The number of aromatic nitrogens is 1. The summed E-state index contributed by atoms with van der Waals surface area (Å²) in [5.41, 5.74) is 1.76. The molecule has 1 aliphatic heterocycles. The van der Waals surface area contributed by atoms with E-state index in [4.69, 9.17) is 0 Å². The number of pyridine rings is 1. The molecule has 112 valence electrons. The van der Waals surface area contributed by atoms with Crippen LogP contribution in [0.4, 0.5) is 0 Å². The molecular weight excluding hydrogens is 276 g/mol. The first-order chi connectivity index (χ1) is 9.40. The predicted molar refractivity (Wildman–Crippen MR) is 78.5 cm³/mol. The van der Waals surface area contributed by atoms with Crippen LogP contribution in [0.2, 0.25) is 0 Å². The Balaban J connectivity index is 2.07. The highest BCUT2D eigenvalue weighted by Crippen LogP contribution is 2.16. The van der Waals surface area contributed by atoms with E-state index in [-0.39, 0.29) is 6.04 Å². The summed E-state index contributed by atoms with van der Waals surface area (Å²) in [5.74, 6) is 0. The van der Waals surface area contributed by atoms with Crippen molar-refractivity contribution in [1.29, 1.82) is 0 Å². The largest absolute Gasteiger partial charge is 0.304 e. The van der Waals surface area contributed by atoms with E-state index in [9.17, 15) is 8.42 Å². The summed E-state index contributed by atoms with van der Waals surface area (Å²) < 4.78 is 28.9. The van der Waals surface area contributed by atoms with Crippen LogP contribution < -0.4 is 4.72 Å². The van der Waals surface area contributed by atoms with Crippen LogP contribution in [0.5, 0.6) is 0 Å². The Hall–Kier alpha value is -1.02. The van der Waals surface area contributed by atoms with Crippen molar-refractivity contribution in [3.05, 3.63) is 29.6 Å². The maximum absolute atomic E-state index is 12.4. The molecule has 1 N–H and O–H groups in total. The van der Waals surface area contributed by atoms with E-state index >= 15 is 0 Å². The number of nitrogens with one attached hydrogen (secondary N) is 1. The van der Waals surface area contributed by atoms with Gasteiger partial charge < -0.3 is 4.90 Å². The van der Waals surface area contributed by atoms with Gasteiger partial charge in [0.2, 0.25) is 0 Å². The first kappa shape index (κ1) is 15.4. The summed E-state index contributed by atoms with van der Waals surface area (Å²) >= 11 is 0. The molecule has 1 aromatic heterocycles. The summed E-state index contributed by atoms with van der Waals surface area (Å²) in [5, 5.41) is 0. The number of hydrogen-bond donors (Lipinski definition) is 1. The van der Waals surface area contributed by atoms with Crippen LogP contribution in [0.3, 0.4) is 0 Å². The van der Waals surface area contributed by atoms with E-state index in [2.05, 4.69) is 14.6 Å². The van der Waals surface area contributed by atoms with Crippen LogP contribution in [0, 0.1) is 6.92 Å². The van der Waals surface area contributed by atoms with Crippen molar-refractivity contribution in [2.75, 3.05) is 33.2 Å². The summed E-state index contributed by atoms with van der Waals surface area (Å²) in [6.07, 6.45) is 1.68. The second-order valence-electron chi connectivity index (χ2n) is 5.25. The van der Waals surface area contributed by atoms with Crippen LogP contribution in [0.15, 0.2) is 18.3 Å². The van der Waals surface area contributed by atoms with Gasteiger partial charge in [-0.1, -0.05) is 6.07 Å². The molecule has 0 aromatic carbocycles. The van der Waals surface area contributed by atoms with Crippen LogP contribution >= 0.6 is 0 Å². The third-order valence-electron chi connectivity index (χ3n) is 3.59.